The molecule has 0 spiro atoms. The standard InChI is InChI=1S/C12H11ClF3N5/c1-6-2-3-8(7(13)4-6)18-9-5-10(21-17)20-11(19-9)12(14,15)16/h2-5H,17H2,1H3,(H2,18,19,20,21). The number of aryl methyl sites for hydroxylation is 1. The first-order chi connectivity index (χ1) is 9.79. The van der Waals surface area contributed by atoms with Crippen LogP contribution in [0.15, 0.2) is 24.3 Å². The van der Waals surface area contributed by atoms with Gasteiger partial charge in [0.05, 0.1) is 10.7 Å². The Morgan fingerprint density at radius 1 is 1.14 bits per heavy atom. The number of aromatic nitrogens is 2. The van der Waals surface area contributed by atoms with Gasteiger partial charge in [0.25, 0.3) is 0 Å². The van der Waals surface area contributed by atoms with Crippen LogP contribution in [0.5, 0.6) is 0 Å². The van der Waals surface area contributed by atoms with Crippen molar-refractivity contribution >= 4 is 28.9 Å². The van der Waals surface area contributed by atoms with Crippen LogP contribution < -0.4 is 16.6 Å². The molecule has 1 aromatic heterocycles. The third-order valence-corrected chi connectivity index (χ3v) is 2.83. The number of hydrazine groups is 1. The second-order valence-corrected chi connectivity index (χ2v) is 4.62. The highest BCUT2D eigenvalue weighted by Gasteiger charge is 2.35. The van der Waals surface area contributed by atoms with Crippen molar-refractivity contribution in [3.05, 3.63) is 40.7 Å². The van der Waals surface area contributed by atoms with Gasteiger partial charge < -0.3 is 10.7 Å². The van der Waals surface area contributed by atoms with Crippen LogP contribution >= 0.6 is 11.6 Å². The number of nitrogen functional groups attached to an aromatic ring is 1. The fourth-order valence-corrected chi connectivity index (χ4v) is 1.85. The summed E-state index contributed by atoms with van der Waals surface area (Å²) in [6.45, 7) is 1.85. The van der Waals surface area contributed by atoms with Gasteiger partial charge in [-0.1, -0.05) is 17.7 Å². The Kier molecular flexibility index (Phi) is 4.19. The molecule has 21 heavy (non-hydrogen) atoms. The van der Waals surface area contributed by atoms with Crippen LogP contribution in [0.25, 0.3) is 0 Å². The zero-order chi connectivity index (χ0) is 15.6. The van der Waals surface area contributed by atoms with Crippen LogP contribution in [0.4, 0.5) is 30.5 Å². The van der Waals surface area contributed by atoms with E-state index in [0.717, 1.165) is 5.56 Å². The summed E-state index contributed by atoms with van der Waals surface area (Å²) in [4.78, 5) is 6.67. The van der Waals surface area contributed by atoms with Gasteiger partial charge in [-0.2, -0.15) is 13.2 Å². The second-order valence-electron chi connectivity index (χ2n) is 4.21. The molecule has 0 aliphatic carbocycles. The Balaban J connectivity index is 2.39. The molecule has 0 unspecified atom stereocenters. The summed E-state index contributed by atoms with van der Waals surface area (Å²) in [5.74, 6) is 3.57. The highest BCUT2D eigenvalue weighted by Crippen LogP contribution is 2.30. The molecule has 5 nitrogen and oxygen atoms in total. The number of hydrogen-bond acceptors (Lipinski definition) is 5. The van der Waals surface area contributed by atoms with E-state index >= 15 is 0 Å². The lowest BCUT2D eigenvalue weighted by Gasteiger charge is -2.12. The molecule has 0 amide bonds. The minimum Gasteiger partial charge on any atom is -0.339 e. The van der Waals surface area contributed by atoms with Crippen molar-refractivity contribution in [2.24, 2.45) is 5.84 Å². The Labute approximate surface area is 123 Å². The van der Waals surface area contributed by atoms with E-state index in [4.69, 9.17) is 17.4 Å². The largest absolute Gasteiger partial charge is 0.451 e. The molecule has 0 fully saturated rings. The molecule has 2 rings (SSSR count). The first kappa shape index (κ1) is 15.3. The Morgan fingerprint density at radius 3 is 2.38 bits per heavy atom. The number of nitrogens with two attached hydrogens (primary N) is 1. The van der Waals surface area contributed by atoms with Gasteiger partial charge in [-0.25, -0.2) is 15.8 Å². The van der Waals surface area contributed by atoms with Crippen molar-refractivity contribution in [2.75, 3.05) is 10.7 Å². The zero-order valence-electron chi connectivity index (χ0n) is 10.8. The van der Waals surface area contributed by atoms with Crippen molar-refractivity contribution < 1.29 is 13.2 Å². The van der Waals surface area contributed by atoms with E-state index in [1.807, 2.05) is 6.92 Å². The Morgan fingerprint density at radius 2 is 1.81 bits per heavy atom. The average molecular weight is 318 g/mol. The van der Waals surface area contributed by atoms with Crippen molar-refractivity contribution in [3.63, 3.8) is 0 Å². The maximum Gasteiger partial charge on any atom is 0.451 e. The molecule has 0 aliphatic rings. The molecule has 2 aromatic rings. The number of benzene rings is 1. The van der Waals surface area contributed by atoms with Gasteiger partial charge in [0, 0.05) is 6.07 Å². The van der Waals surface area contributed by atoms with Crippen LogP contribution in [0, 0.1) is 6.92 Å². The number of nitrogens with zero attached hydrogens (tertiary/aromatic N) is 2. The molecule has 0 radical (unpaired) electrons. The predicted octanol–water partition coefficient (Wildman–Crippen LogP) is 3.49. The average Bonchev–Trinajstić information content (AvgIpc) is 2.40. The maximum atomic E-state index is 12.7. The predicted molar refractivity (Wildman–Crippen MR) is 74.3 cm³/mol. The van der Waals surface area contributed by atoms with Crippen molar-refractivity contribution in [1.82, 2.24) is 9.97 Å². The summed E-state index contributed by atoms with van der Waals surface area (Å²) < 4.78 is 38.1. The summed E-state index contributed by atoms with van der Waals surface area (Å²) in [6, 6.07) is 6.33. The first-order valence-corrected chi connectivity index (χ1v) is 6.13. The van der Waals surface area contributed by atoms with E-state index in [1.165, 1.54) is 6.07 Å². The molecule has 9 heteroatoms. The fourth-order valence-electron chi connectivity index (χ4n) is 1.57. The summed E-state index contributed by atoms with van der Waals surface area (Å²) in [5, 5.41) is 3.07. The summed E-state index contributed by atoms with van der Waals surface area (Å²) in [7, 11) is 0. The zero-order valence-corrected chi connectivity index (χ0v) is 11.5. The van der Waals surface area contributed by atoms with E-state index in [2.05, 4.69) is 20.7 Å². The lowest BCUT2D eigenvalue weighted by molar-refractivity contribution is -0.144. The lowest BCUT2D eigenvalue weighted by atomic mass is 10.2. The van der Waals surface area contributed by atoms with E-state index in [0.29, 0.717) is 10.7 Å². The van der Waals surface area contributed by atoms with E-state index in [-0.39, 0.29) is 11.6 Å². The van der Waals surface area contributed by atoms with Gasteiger partial charge in [0.1, 0.15) is 11.6 Å². The van der Waals surface area contributed by atoms with Crippen molar-refractivity contribution in [1.29, 1.82) is 0 Å². The lowest BCUT2D eigenvalue weighted by Crippen LogP contribution is -2.16. The number of halogens is 4. The van der Waals surface area contributed by atoms with Crippen molar-refractivity contribution in [3.8, 4) is 0 Å². The summed E-state index contributed by atoms with van der Waals surface area (Å²) in [6.07, 6.45) is -4.68. The van der Waals surface area contributed by atoms with Gasteiger partial charge in [-0.3, -0.25) is 0 Å². The third kappa shape index (κ3) is 3.73. The smallest absolute Gasteiger partial charge is 0.339 e. The van der Waals surface area contributed by atoms with Crippen LogP contribution in [0.1, 0.15) is 11.4 Å². The molecular formula is C12H11ClF3N5. The van der Waals surface area contributed by atoms with Gasteiger partial charge in [-0.15, -0.1) is 0 Å². The van der Waals surface area contributed by atoms with E-state index < -0.39 is 12.0 Å². The number of rotatable bonds is 3. The first-order valence-electron chi connectivity index (χ1n) is 5.75. The Bertz CT molecular complexity index is 660. The van der Waals surface area contributed by atoms with Crippen molar-refractivity contribution in [2.45, 2.75) is 13.1 Å². The molecule has 0 atom stereocenters. The van der Waals surface area contributed by atoms with Crippen LogP contribution in [0.3, 0.4) is 0 Å². The molecule has 0 saturated carbocycles. The minimum absolute atomic E-state index is 0.0731. The number of anilines is 3. The van der Waals surface area contributed by atoms with Gasteiger partial charge in [-0.05, 0) is 24.6 Å². The highest BCUT2D eigenvalue weighted by atomic mass is 35.5. The monoisotopic (exact) mass is 317 g/mol. The summed E-state index contributed by atoms with van der Waals surface area (Å²) in [5.41, 5.74) is 3.42. The molecule has 112 valence electrons. The van der Waals surface area contributed by atoms with Crippen LogP contribution in [0.2, 0.25) is 5.02 Å². The second kappa shape index (κ2) is 5.74. The van der Waals surface area contributed by atoms with Crippen LogP contribution in [-0.2, 0) is 6.18 Å². The fraction of sp³-hybridized carbons (Fsp3) is 0.167. The quantitative estimate of drug-likeness (QED) is 0.597. The van der Waals surface area contributed by atoms with Gasteiger partial charge >= 0.3 is 6.18 Å². The topological polar surface area (TPSA) is 75.9 Å². The number of hydrogen-bond donors (Lipinski definition) is 3. The third-order valence-electron chi connectivity index (χ3n) is 2.51. The molecule has 1 aromatic carbocycles. The Hall–Kier alpha value is -2.06. The molecule has 1 heterocycles. The number of nitrogens with one attached hydrogen (secondary N) is 2. The highest BCUT2D eigenvalue weighted by molar-refractivity contribution is 6.33. The normalized spacial score (nSPS) is 11.3. The molecular weight excluding hydrogens is 307 g/mol. The minimum atomic E-state index is -4.68. The number of alkyl halides is 3. The molecule has 4 N–H and O–H groups in total. The molecule has 0 aliphatic heterocycles. The maximum absolute atomic E-state index is 12.7. The van der Waals surface area contributed by atoms with Gasteiger partial charge in [0.2, 0.25) is 5.82 Å². The summed E-state index contributed by atoms with van der Waals surface area (Å²) >= 11 is 6.01. The molecule has 0 bridgehead atoms. The van der Waals surface area contributed by atoms with E-state index in [9.17, 15) is 13.2 Å². The van der Waals surface area contributed by atoms with E-state index in [1.54, 1.807) is 18.2 Å². The molecule has 0 saturated heterocycles. The van der Waals surface area contributed by atoms with Gasteiger partial charge in [0.15, 0.2) is 0 Å². The van der Waals surface area contributed by atoms with Crippen LogP contribution in [-0.4, -0.2) is 9.97 Å². The SMILES string of the molecule is Cc1ccc(Nc2cc(NN)nc(C(F)(F)F)n2)c(Cl)c1.